The minimum absolute atomic E-state index is 0.543. The predicted octanol–water partition coefficient (Wildman–Crippen LogP) is 3.54. The first-order valence-corrected chi connectivity index (χ1v) is 8.58. The zero-order valence-corrected chi connectivity index (χ0v) is 12.0. The molecule has 19 heavy (non-hydrogen) atoms. The van der Waals surface area contributed by atoms with Crippen LogP contribution in [0.4, 0.5) is 0 Å². The first-order valence-electron chi connectivity index (χ1n) is 8.58. The molecule has 0 aromatic rings. The summed E-state index contributed by atoms with van der Waals surface area (Å²) in [5, 5.41) is 0. The van der Waals surface area contributed by atoms with Gasteiger partial charge in [0, 0.05) is 31.0 Å². The third kappa shape index (κ3) is 2.26. The van der Waals surface area contributed by atoms with Crippen LogP contribution < -0.4 is 0 Å². The number of nitrogens with zero attached hydrogens (tertiary/aromatic N) is 1. The van der Waals surface area contributed by atoms with E-state index >= 15 is 0 Å². The van der Waals surface area contributed by atoms with Gasteiger partial charge in [-0.1, -0.05) is 25.7 Å². The second kappa shape index (κ2) is 4.87. The van der Waals surface area contributed by atoms with Crippen LogP contribution in [-0.4, -0.2) is 28.8 Å². The van der Waals surface area contributed by atoms with Crippen molar-refractivity contribution in [2.75, 3.05) is 0 Å². The van der Waals surface area contributed by atoms with Crippen LogP contribution in [0.2, 0.25) is 0 Å². The van der Waals surface area contributed by atoms with E-state index < -0.39 is 0 Å². The highest BCUT2D eigenvalue weighted by Crippen LogP contribution is 2.45. The summed E-state index contributed by atoms with van der Waals surface area (Å²) in [4.78, 5) is 14.7. The molecule has 2 heteroatoms. The van der Waals surface area contributed by atoms with Crippen LogP contribution in [0, 0.1) is 11.8 Å². The van der Waals surface area contributed by atoms with Gasteiger partial charge in [0.2, 0.25) is 0 Å². The highest BCUT2D eigenvalue weighted by atomic mass is 16.1. The predicted molar refractivity (Wildman–Crippen MR) is 76.0 cm³/mol. The van der Waals surface area contributed by atoms with Gasteiger partial charge in [-0.05, 0) is 43.9 Å². The zero-order valence-electron chi connectivity index (χ0n) is 12.0. The Morgan fingerprint density at radius 2 is 1.32 bits per heavy atom. The van der Waals surface area contributed by atoms with Crippen molar-refractivity contribution < 1.29 is 4.79 Å². The van der Waals surface area contributed by atoms with Gasteiger partial charge < -0.3 is 0 Å². The molecular weight excluding hydrogens is 234 g/mol. The number of Topliss-reactive ketones (excluding diaryl/α,β-unsaturated/α-hetero) is 1. The Morgan fingerprint density at radius 3 is 1.95 bits per heavy atom. The highest BCUT2D eigenvalue weighted by molar-refractivity contribution is 5.80. The smallest absolute Gasteiger partial charge is 0.136 e. The lowest BCUT2D eigenvalue weighted by Crippen LogP contribution is -2.58. The van der Waals surface area contributed by atoms with E-state index in [9.17, 15) is 4.79 Å². The lowest BCUT2D eigenvalue weighted by molar-refractivity contribution is -0.130. The summed E-state index contributed by atoms with van der Waals surface area (Å²) in [6.45, 7) is 0. The van der Waals surface area contributed by atoms with Crippen molar-refractivity contribution in [1.82, 2.24) is 4.90 Å². The van der Waals surface area contributed by atoms with Gasteiger partial charge >= 0.3 is 0 Å². The van der Waals surface area contributed by atoms with Gasteiger partial charge in [0.05, 0.1) is 0 Å². The molecule has 2 saturated carbocycles. The van der Waals surface area contributed by atoms with Gasteiger partial charge in [0.1, 0.15) is 5.78 Å². The van der Waals surface area contributed by atoms with Gasteiger partial charge in [0.15, 0.2) is 0 Å². The van der Waals surface area contributed by atoms with E-state index in [1.54, 1.807) is 0 Å². The van der Waals surface area contributed by atoms with Crippen LogP contribution in [-0.2, 0) is 4.79 Å². The highest BCUT2D eigenvalue weighted by Gasteiger charge is 2.44. The monoisotopic (exact) mass is 261 g/mol. The maximum atomic E-state index is 11.9. The fourth-order valence-electron chi connectivity index (χ4n) is 5.75. The van der Waals surface area contributed by atoms with Crippen molar-refractivity contribution in [3.05, 3.63) is 0 Å². The molecule has 0 aromatic heterocycles. The van der Waals surface area contributed by atoms with Gasteiger partial charge in [-0.3, -0.25) is 9.69 Å². The molecule has 2 aliphatic heterocycles. The van der Waals surface area contributed by atoms with Crippen LogP contribution in [0.5, 0.6) is 0 Å². The number of piperidine rings is 2. The van der Waals surface area contributed by atoms with Crippen molar-refractivity contribution in [3.8, 4) is 0 Å². The SMILES string of the molecule is O=C1CC2CCCC(C1)N2C1C[C@H]2CCC[C@@H](C1)C2. The Balaban J connectivity index is 1.53. The van der Waals surface area contributed by atoms with Crippen LogP contribution in [0.1, 0.15) is 70.6 Å². The zero-order chi connectivity index (χ0) is 12.8. The fourth-order valence-corrected chi connectivity index (χ4v) is 5.75. The van der Waals surface area contributed by atoms with Crippen LogP contribution in [0.15, 0.2) is 0 Å². The lowest BCUT2D eigenvalue weighted by Gasteiger charge is -2.53. The molecule has 5 atom stereocenters. The van der Waals surface area contributed by atoms with E-state index in [0.717, 1.165) is 30.7 Å². The quantitative estimate of drug-likeness (QED) is 0.719. The van der Waals surface area contributed by atoms with Crippen molar-refractivity contribution in [2.45, 2.75) is 88.8 Å². The molecular formula is C17H27NO. The van der Waals surface area contributed by atoms with Gasteiger partial charge in [-0.15, -0.1) is 0 Å². The standard InChI is InChI=1S/C17H27NO/c19-17-10-14-5-2-6-15(11-17)18(14)16-8-12-3-1-4-13(7-12)9-16/h12-16H,1-11H2/t12-,13+,14?,15?,16?. The van der Waals surface area contributed by atoms with E-state index in [4.69, 9.17) is 0 Å². The molecule has 2 saturated heterocycles. The second-order valence-electron chi connectivity index (χ2n) is 7.66. The summed E-state index contributed by atoms with van der Waals surface area (Å²) in [7, 11) is 0. The molecule has 4 aliphatic rings. The summed E-state index contributed by atoms with van der Waals surface area (Å²) in [6.07, 6.45) is 14.5. The topological polar surface area (TPSA) is 20.3 Å². The Bertz CT molecular complexity index is 338. The van der Waals surface area contributed by atoms with Gasteiger partial charge in [-0.25, -0.2) is 0 Å². The van der Waals surface area contributed by atoms with E-state index in [0.29, 0.717) is 17.9 Å². The number of fused-ring (bicyclic) bond motifs is 4. The normalized spacial score (nSPS) is 47.2. The second-order valence-corrected chi connectivity index (χ2v) is 7.66. The Kier molecular flexibility index (Phi) is 3.17. The Labute approximate surface area is 116 Å². The molecule has 0 N–H and O–H groups in total. The molecule has 2 aliphatic carbocycles. The van der Waals surface area contributed by atoms with E-state index in [1.807, 2.05) is 0 Å². The largest absolute Gasteiger partial charge is 0.300 e. The van der Waals surface area contributed by atoms with Gasteiger partial charge in [-0.2, -0.15) is 0 Å². The van der Waals surface area contributed by atoms with Gasteiger partial charge in [0.25, 0.3) is 0 Å². The number of ketones is 1. The van der Waals surface area contributed by atoms with E-state index in [2.05, 4.69) is 4.90 Å². The fraction of sp³-hybridized carbons (Fsp3) is 0.941. The molecule has 2 heterocycles. The van der Waals surface area contributed by atoms with E-state index in [1.165, 1.54) is 57.8 Å². The summed E-state index contributed by atoms with van der Waals surface area (Å²) in [5.41, 5.74) is 0. The van der Waals surface area contributed by atoms with E-state index in [-0.39, 0.29) is 0 Å². The Morgan fingerprint density at radius 1 is 0.737 bits per heavy atom. The first-order chi connectivity index (χ1) is 9.29. The maximum Gasteiger partial charge on any atom is 0.136 e. The average Bonchev–Trinajstić information content (AvgIpc) is 2.37. The molecule has 106 valence electrons. The molecule has 0 amide bonds. The first kappa shape index (κ1) is 12.4. The average molecular weight is 261 g/mol. The third-order valence-electron chi connectivity index (χ3n) is 6.37. The van der Waals surface area contributed by atoms with Crippen LogP contribution in [0.3, 0.4) is 0 Å². The summed E-state index contributed by atoms with van der Waals surface area (Å²) in [6, 6.07) is 2.06. The summed E-state index contributed by atoms with van der Waals surface area (Å²) < 4.78 is 0. The molecule has 0 aromatic carbocycles. The van der Waals surface area contributed by atoms with Crippen LogP contribution in [0.25, 0.3) is 0 Å². The number of hydrogen-bond acceptors (Lipinski definition) is 2. The molecule has 4 fully saturated rings. The maximum absolute atomic E-state index is 11.9. The third-order valence-corrected chi connectivity index (χ3v) is 6.37. The Hall–Kier alpha value is -0.370. The van der Waals surface area contributed by atoms with Crippen molar-refractivity contribution in [1.29, 1.82) is 0 Å². The molecule has 4 rings (SSSR count). The van der Waals surface area contributed by atoms with Crippen molar-refractivity contribution in [2.24, 2.45) is 11.8 Å². The molecule has 0 spiro atoms. The number of hydrogen-bond donors (Lipinski definition) is 0. The minimum atomic E-state index is 0.543. The molecule has 0 radical (unpaired) electrons. The summed E-state index contributed by atoms with van der Waals surface area (Å²) >= 11 is 0. The van der Waals surface area contributed by atoms with Crippen molar-refractivity contribution >= 4 is 5.78 Å². The molecule has 2 nitrogen and oxygen atoms in total. The number of rotatable bonds is 1. The lowest BCUT2D eigenvalue weighted by atomic mass is 9.68. The summed E-state index contributed by atoms with van der Waals surface area (Å²) in [5.74, 6) is 2.56. The van der Waals surface area contributed by atoms with Crippen molar-refractivity contribution in [3.63, 3.8) is 0 Å². The molecule has 4 bridgehead atoms. The molecule has 3 unspecified atom stereocenters. The number of carbonyl (C=O) groups excluding carboxylic acids is 1. The number of carbonyl (C=O) groups is 1. The van der Waals surface area contributed by atoms with Crippen LogP contribution >= 0.6 is 0 Å². The minimum Gasteiger partial charge on any atom is -0.300 e.